The van der Waals surface area contributed by atoms with Gasteiger partial charge in [-0.3, -0.25) is 4.79 Å². The highest BCUT2D eigenvalue weighted by Crippen LogP contribution is 2.40. The van der Waals surface area contributed by atoms with Crippen molar-refractivity contribution in [1.82, 2.24) is 0 Å². The number of benzene rings is 2. The fourth-order valence-corrected chi connectivity index (χ4v) is 9.40. The topological polar surface area (TPSA) is 63.6 Å². The minimum atomic E-state index is -2.63. The molecule has 1 N–H and O–H groups in total. The zero-order valence-electron chi connectivity index (χ0n) is 17.4. The Kier molecular flexibility index (Phi) is 6.39. The third kappa shape index (κ3) is 4.21. The SMILES string of the molecule is CC(C)(C)[Si](OCC1CC(C(=O)O)[C@@H](C=O)C1)(c1ccccc1)c1ccccc1. The first kappa shape index (κ1) is 21.5. The number of carboxylic acid groups (broad SMARTS) is 1. The van der Waals surface area contributed by atoms with Crippen molar-refractivity contribution in [2.24, 2.45) is 17.8 Å². The summed E-state index contributed by atoms with van der Waals surface area (Å²) in [4.78, 5) is 22.9. The minimum Gasteiger partial charge on any atom is -0.481 e. The third-order valence-corrected chi connectivity index (χ3v) is 11.2. The van der Waals surface area contributed by atoms with Crippen molar-refractivity contribution in [3.63, 3.8) is 0 Å². The molecule has 3 atom stereocenters. The summed E-state index contributed by atoms with van der Waals surface area (Å²) in [6.45, 7) is 7.15. The maximum absolute atomic E-state index is 11.5. The smallest absolute Gasteiger partial charge is 0.307 e. The van der Waals surface area contributed by atoms with Gasteiger partial charge in [0.25, 0.3) is 8.32 Å². The molecule has 3 rings (SSSR count). The van der Waals surface area contributed by atoms with Gasteiger partial charge in [0.15, 0.2) is 0 Å². The molecule has 0 aromatic heterocycles. The van der Waals surface area contributed by atoms with E-state index in [2.05, 4.69) is 45.0 Å². The number of hydrogen-bond acceptors (Lipinski definition) is 3. The molecule has 0 amide bonds. The summed E-state index contributed by atoms with van der Waals surface area (Å²) in [6.07, 6.45) is 1.89. The van der Waals surface area contributed by atoms with E-state index in [1.807, 2.05) is 36.4 Å². The van der Waals surface area contributed by atoms with E-state index in [0.717, 1.165) is 6.29 Å². The number of aliphatic carboxylic acids is 1. The Balaban J connectivity index is 1.97. The van der Waals surface area contributed by atoms with E-state index in [4.69, 9.17) is 4.43 Å². The second kappa shape index (κ2) is 8.64. The molecule has 0 aliphatic heterocycles. The lowest BCUT2D eigenvalue weighted by atomic mass is 9.98. The van der Waals surface area contributed by atoms with Crippen molar-refractivity contribution in [3.8, 4) is 0 Å². The molecule has 1 saturated carbocycles. The number of carbonyl (C=O) groups excluding carboxylic acids is 1. The molecular weight excluding hydrogens is 380 g/mol. The molecule has 2 aromatic carbocycles. The second-order valence-electron chi connectivity index (χ2n) is 9.06. The van der Waals surface area contributed by atoms with Gasteiger partial charge in [0.1, 0.15) is 6.29 Å². The number of rotatable bonds is 7. The van der Waals surface area contributed by atoms with Crippen LogP contribution in [0.5, 0.6) is 0 Å². The van der Waals surface area contributed by atoms with Gasteiger partial charge in [0.05, 0.1) is 5.92 Å². The first-order valence-corrected chi connectivity index (χ1v) is 12.1. The highest BCUT2D eigenvalue weighted by atomic mass is 28.4. The largest absolute Gasteiger partial charge is 0.481 e. The predicted octanol–water partition coefficient (Wildman–Crippen LogP) is 3.49. The van der Waals surface area contributed by atoms with Gasteiger partial charge in [-0.2, -0.15) is 0 Å². The van der Waals surface area contributed by atoms with Gasteiger partial charge < -0.3 is 14.3 Å². The fraction of sp³-hybridized carbons (Fsp3) is 0.417. The van der Waals surface area contributed by atoms with Crippen LogP contribution in [-0.4, -0.2) is 32.3 Å². The first-order valence-electron chi connectivity index (χ1n) is 10.2. The number of hydrogen-bond donors (Lipinski definition) is 1. The molecule has 1 aliphatic rings. The van der Waals surface area contributed by atoms with Crippen molar-refractivity contribution >= 4 is 30.9 Å². The molecule has 29 heavy (non-hydrogen) atoms. The van der Waals surface area contributed by atoms with Crippen LogP contribution in [0.4, 0.5) is 0 Å². The first-order chi connectivity index (χ1) is 13.8. The Morgan fingerprint density at radius 3 is 1.93 bits per heavy atom. The van der Waals surface area contributed by atoms with Gasteiger partial charge in [0.2, 0.25) is 0 Å². The molecular formula is C24H30O4Si. The van der Waals surface area contributed by atoms with E-state index >= 15 is 0 Å². The van der Waals surface area contributed by atoms with E-state index in [1.165, 1.54) is 10.4 Å². The average molecular weight is 411 g/mol. The van der Waals surface area contributed by atoms with Gasteiger partial charge in [-0.25, -0.2) is 0 Å². The highest BCUT2D eigenvalue weighted by Gasteiger charge is 2.51. The quantitative estimate of drug-likeness (QED) is 0.561. The normalized spacial score (nSPS) is 22.4. The summed E-state index contributed by atoms with van der Waals surface area (Å²) < 4.78 is 6.90. The Morgan fingerprint density at radius 2 is 1.55 bits per heavy atom. The summed E-state index contributed by atoms with van der Waals surface area (Å²) in [5.74, 6) is -1.82. The lowest BCUT2D eigenvalue weighted by Gasteiger charge is -2.43. The van der Waals surface area contributed by atoms with Crippen LogP contribution >= 0.6 is 0 Å². The van der Waals surface area contributed by atoms with Crippen molar-refractivity contribution < 1.29 is 19.1 Å². The number of aldehydes is 1. The van der Waals surface area contributed by atoms with Gasteiger partial charge in [-0.05, 0) is 34.2 Å². The second-order valence-corrected chi connectivity index (χ2v) is 13.4. The Labute approximate surface area is 174 Å². The van der Waals surface area contributed by atoms with Crippen molar-refractivity contribution in [3.05, 3.63) is 60.7 Å². The van der Waals surface area contributed by atoms with E-state index in [-0.39, 0.29) is 11.0 Å². The summed E-state index contributed by atoms with van der Waals surface area (Å²) in [5.41, 5.74) is 0. The van der Waals surface area contributed by atoms with E-state index in [0.29, 0.717) is 19.4 Å². The number of carbonyl (C=O) groups is 2. The van der Waals surface area contributed by atoms with Gasteiger partial charge in [0, 0.05) is 12.5 Å². The van der Waals surface area contributed by atoms with Gasteiger partial charge >= 0.3 is 5.97 Å². The zero-order valence-corrected chi connectivity index (χ0v) is 18.4. The highest BCUT2D eigenvalue weighted by molar-refractivity contribution is 6.99. The van der Waals surface area contributed by atoms with Crippen LogP contribution in [0.3, 0.4) is 0 Å². The minimum absolute atomic E-state index is 0.0768. The fourth-order valence-electron chi connectivity index (χ4n) is 4.75. The molecule has 1 fully saturated rings. The third-order valence-electron chi connectivity index (χ3n) is 6.15. The summed E-state index contributed by atoms with van der Waals surface area (Å²) in [7, 11) is -2.63. The predicted molar refractivity (Wildman–Crippen MR) is 117 cm³/mol. The molecule has 2 aromatic rings. The molecule has 0 saturated heterocycles. The molecule has 5 heteroatoms. The Bertz CT molecular complexity index is 789. The van der Waals surface area contributed by atoms with E-state index in [1.54, 1.807) is 0 Å². The van der Waals surface area contributed by atoms with Crippen molar-refractivity contribution in [2.45, 2.75) is 38.7 Å². The van der Waals surface area contributed by atoms with Crippen molar-refractivity contribution in [1.29, 1.82) is 0 Å². The molecule has 0 radical (unpaired) electrons. The Hall–Kier alpha value is -2.24. The Morgan fingerprint density at radius 1 is 1.03 bits per heavy atom. The number of carboxylic acids is 1. The van der Waals surface area contributed by atoms with Gasteiger partial charge in [-0.1, -0.05) is 81.4 Å². The lowest BCUT2D eigenvalue weighted by molar-refractivity contribution is -0.144. The molecule has 0 bridgehead atoms. The maximum Gasteiger partial charge on any atom is 0.307 e. The van der Waals surface area contributed by atoms with Crippen LogP contribution in [-0.2, 0) is 14.0 Å². The monoisotopic (exact) mass is 410 g/mol. The standard InChI is InChI=1S/C24H30O4Si/c1-24(2,3)29(20-10-6-4-7-11-20,21-12-8-5-9-13-21)28-17-18-14-19(16-25)22(15-18)23(26)27/h4-13,16,18-19,22H,14-15,17H2,1-3H3,(H,26,27)/t18?,19-,22?/m1/s1. The van der Waals surface area contributed by atoms with Crippen LogP contribution in [0, 0.1) is 17.8 Å². The molecule has 0 heterocycles. The molecule has 154 valence electrons. The molecule has 1 aliphatic carbocycles. The van der Waals surface area contributed by atoms with E-state index < -0.39 is 26.1 Å². The van der Waals surface area contributed by atoms with Crippen LogP contribution in [0.15, 0.2) is 60.7 Å². The molecule has 4 nitrogen and oxygen atoms in total. The van der Waals surface area contributed by atoms with Crippen LogP contribution in [0.25, 0.3) is 0 Å². The zero-order chi connectivity index (χ0) is 21.1. The van der Waals surface area contributed by atoms with Crippen LogP contribution < -0.4 is 10.4 Å². The summed E-state index contributed by atoms with van der Waals surface area (Å²) in [5, 5.41) is 11.7. The average Bonchev–Trinajstić information content (AvgIpc) is 3.13. The van der Waals surface area contributed by atoms with Crippen LogP contribution in [0.2, 0.25) is 5.04 Å². The summed E-state index contributed by atoms with van der Waals surface area (Å²) >= 11 is 0. The van der Waals surface area contributed by atoms with E-state index in [9.17, 15) is 14.7 Å². The summed E-state index contributed by atoms with van der Waals surface area (Å²) in [6, 6.07) is 20.8. The van der Waals surface area contributed by atoms with Crippen molar-refractivity contribution in [2.75, 3.05) is 6.61 Å². The van der Waals surface area contributed by atoms with Crippen LogP contribution in [0.1, 0.15) is 33.6 Å². The molecule has 0 spiro atoms. The lowest BCUT2D eigenvalue weighted by Crippen LogP contribution is -2.66. The molecule has 2 unspecified atom stereocenters. The van der Waals surface area contributed by atoms with Gasteiger partial charge in [-0.15, -0.1) is 0 Å². The maximum atomic E-state index is 11.5.